The lowest BCUT2D eigenvalue weighted by molar-refractivity contribution is -0.0405. The van der Waals surface area contributed by atoms with Crippen LogP contribution in [0.5, 0.6) is 0 Å². The van der Waals surface area contributed by atoms with E-state index in [0.717, 1.165) is 12.8 Å². The van der Waals surface area contributed by atoms with Gasteiger partial charge in [-0.1, -0.05) is 6.07 Å². The molecule has 1 fully saturated rings. The van der Waals surface area contributed by atoms with Gasteiger partial charge in [-0.25, -0.2) is 0 Å². The van der Waals surface area contributed by atoms with E-state index in [1.54, 1.807) is 11.3 Å². The molecule has 2 heterocycles. The second-order valence-electron chi connectivity index (χ2n) is 4.18. The van der Waals surface area contributed by atoms with E-state index in [1.807, 2.05) is 7.05 Å². The van der Waals surface area contributed by atoms with Crippen molar-refractivity contribution in [2.45, 2.75) is 38.0 Å². The molecule has 0 saturated carbocycles. The number of aliphatic hydroxyl groups excluding tert-OH is 1. The number of hydrogen-bond acceptors (Lipinski definition) is 3. The Kier molecular flexibility index (Phi) is 2.91. The van der Waals surface area contributed by atoms with Crippen molar-refractivity contribution >= 4 is 11.3 Å². The van der Waals surface area contributed by atoms with Crippen LogP contribution in [-0.4, -0.2) is 29.3 Å². The number of aliphatic hydroxyl groups is 1. The summed E-state index contributed by atoms with van der Waals surface area (Å²) in [4.78, 5) is 3.48. The Morgan fingerprint density at radius 1 is 1.50 bits per heavy atom. The van der Waals surface area contributed by atoms with Crippen LogP contribution in [0.3, 0.4) is 0 Å². The molecule has 0 aromatic carbocycles. The summed E-state index contributed by atoms with van der Waals surface area (Å²) in [5.41, 5.74) is 0. The molecule has 1 N–H and O–H groups in total. The molecule has 1 aliphatic rings. The summed E-state index contributed by atoms with van der Waals surface area (Å²) in [5.74, 6) is 0.552. The van der Waals surface area contributed by atoms with Gasteiger partial charge in [0.25, 0.3) is 0 Å². The average molecular weight is 211 g/mol. The van der Waals surface area contributed by atoms with Gasteiger partial charge in [0.05, 0.1) is 0 Å². The van der Waals surface area contributed by atoms with Crippen molar-refractivity contribution in [1.82, 2.24) is 4.90 Å². The Labute approximate surface area is 89.2 Å². The summed E-state index contributed by atoms with van der Waals surface area (Å²) in [7, 11) is 2.00. The molecule has 1 aliphatic heterocycles. The monoisotopic (exact) mass is 211 g/mol. The number of piperidine rings is 1. The highest BCUT2D eigenvalue weighted by Gasteiger charge is 2.30. The lowest BCUT2D eigenvalue weighted by atomic mass is 9.90. The number of hydrogen-bond donors (Lipinski definition) is 1. The molecular weight excluding hydrogens is 194 g/mol. The standard InChI is InChI=1S/C11H17NOS/c1-8-6-9(7-11(13)12(8)2)10-4-3-5-14-10/h3-5,8-9,11,13H,6-7H2,1-2H3/t8-,9-,11+/m1/s1. The van der Waals surface area contributed by atoms with E-state index in [2.05, 4.69) is 29.3 Å². The van der Waals surface area contributed by atoms with Gasteiger partial charge in [0.1, 0.15) is 6.23 Å². The molecule has 0 amide bonds. The van der Waals surface area contributed by atoms with E-state index in [0.29, 0.717) is 12.0 Å². The van der Waals surface area contributed by atoms with Gasteiger partial charge in [-0.05, 0) is 44.2 Å². The molecule has 2 rings (SSSR count). The fourth-order valence-corrected chi connectivity index (χ4v) is 3.00. The Morgan fingerprint density at radius 3 is 2.86 bits per heavy atom. The summed E-state index contributed by atoms with van der Waals surface area (Å²) >= 11 is 1.81. The van der Waals surface area contributed by atoms with Crippen LogP contribution in [-0.2, 0) is 0 Å². The molecule has 3 heteroatoms. The van der Waals surface area contributed by atoms with Crippen molar-refractivity contribution in [2.24, 2.45) is 0 Å². The van der Waals surface area contributed by atoms with Crippen LogP contribution in [0.4, 0.5) is 0 Å². The van der Waals surface area contributed by atoms with Gasteiger partial charge in [0, 0.05) is 10.9 Å². The second-order valence-corrected chi connectivity index (χ2v) is 5.16. The fraction of sp³-hybridized carbons (Fsp3) is 0.636. The Morgan fingerprint density at radius 2 is 2.29 bits per heavy atom. The number of thiophene rings is 1. The van der Waals surface area contributed by atoms with Gasteiger partial charge >= 0.3 is 0 Å². The third-order valence-electron chi connectivity index (χ3n) is 3.23. The van der Waals surface area contributed by atoms with Crippen LogP contribution in [0, 0.1) is 0 Å². The molecule has 3 atom stereocenters. The zero-order chi connectivity index (χ0) is 10.1. The molecular formula is C11H17NOS. The predicted molar refractivity (Wildman–Crippen MR) is 59.5 cm³/mol. The molecule has 2 nitrogen and oxygen atoms in total. The van der Waals surface area contributed by atoms with Crippen molar-refractivity contribution in [3.05, 3.63) is 22.4 Å². The van der Waals surface area contributed by atoms with Gasteiger partial charge in [0.15, 0.2) is 0 Å². The predicted octanol–water partition coefficient (Wildman–Crippen LogP) is 2.26. The largest absolute Gasteiger partial charge is 0.378 e. The lowest BCUT2D eigenvalue weighted by Gasteiger charge is -2.38. The molecule has 1 saturated heterocycles. The smallest absolute Gasteiger partial charge is 0.107 e. The number of likely N-dealkylation sites (tertiary alicyclic amines) is 1. The third kappa shape index (κ3) is 1.85. The fourth-order valence-electron chi connectivity index (χ4n) is 2.14. The molecule has 78 valence electrons. The molecule has 0 radical (unpaired) electrons. The van der Waals surface area contributed by atoms with Crippen molar-refractivity contribution in [3.8, 4) is 0 Å². The summed E-state index contributed by atoms with van der Waals surface area (Å²) in [6.45, 7) is 2.18. The maximum atomic E-state index is 9.85. The van der Waals surface area contributed by atoms with Crippen LogP contribution < -0.4 is 0 Å². The van der Waals surface area contributed by atoms with Crippen LogP contribution in [0.2, 0.25) is 0 Å². The highest BCUT2D eigenvalue weighted by molar-refractivity contribution is 7.10. The minimum Gasteiger partial charge on any atom is -0.378 e. The SMILES string of the molecule is C[C@@H]1C[C@@H](c2cccs2)C[C@H](O)N1C. The minimum absolute atomic E-state index is 0.272. The zero-order valence-corrected chi connectivity index (χ0v) is 9.50. The van der Waals surface area contributed by atoms with Crippen molar-refractivity contribution in [1.29, 1.82) is 0 Å². The van der Waals surface area contributed by atoms with Gasteiger partial charge < -0.3 is 5.11 Å². The highest BCUT2D eigenvalue weighted by Crippen LogP contribution is 2.35. The van der Waals surface area contributed by atoms with Gasteiger partial charge in [0.2, 0.25) is 0 Å². The number of rotatable bonds is 1. The van der Waals surface area contributed by atoms with Crippen molar-refractivity contribution in [2.75, 3.05) is 7.05 Å². The molecule has 0 spiro atoms. The van der Waals surface area contributed by atoms with Gasteiger partial charge in [-0.2, -0.15) is 0 Å². The van der Waals surface area contributed by atoms with E-state index in [9.17, 15) is 5.11 Å². The molecule has 14 heavy (non-hydrogen) atoms. The second kappa shape index (κ2) is 4.01. The summed E-state index contributed by atoms with van der Waals surface area (Å²) < 4.78 is 0. The first-order valence-corrected chi connectivity index (χ1v) is 6.00. The maximum absolute atomic E-state index is 9.85. The van der Waals surface area contributed by atoms with E-state index in [-0.39, 0.29) is 6.23 Å². The average Bonchev–Trinajstić information content (AvgIpc) is 2.66. The van der Waals surface area contributed by atoms with Crippen molar-refractivity contribution < 1.29 is 5.11 Å². The lowest BCUT2D eigenvalue weighted by Crippen LogP contribution is -2.44. The first-order chi connectivity index (χ1) is 6.68. The minimum atomic E-state index is -0.272. The van der Waals surface area contributed by atoms with E-state index in [4.69, 9.17) is 0 Å². The molecule has 0 bridgehead atoms. The third-order valence-corrected chi connectivity index (χ3v) is 4.27. The van der Waals surface area contributed by atoms with Crippen LogP contribution in [0.15, 0.2) is 17.5 Å². The molecule has 1 aromatic heterocycles. The first-order valence-electron chi connectivity index (χ1n) is 5.12. The Bertz CT molecular complexity index is 273. The normalized spacial score (nSPS) is 34.6. The summed E-state index contributed by atoms with van der Waals surface area (Å²) in [6, 6.07) is 4.75. The van der Waals surface area contributed by atoms with E-state index in [1.165, 1.54) is 4.88 Å². The highest BCUT2D eigenvalue weighted by atomic mass is 32.1. The first kappa shape index (κ1) is 10.1. The van der Waals surface area contributed by atoms with E-state index < -0.39 is 0 Å². The van der Waals surface area contributed by atoms with Crippen LogP contribution in [0.25, 0.3) is 0 Å². The summed E-state index contributed by atoms with van der Waals surface area (Å²) in [6.07, 6.45) is 1.76. The molecule has 0 aliphatic carbocycles. The van der Waals surface area contributed by atoms with E-state index >= 15 is 0 Å². The topological polar surface area (TPSA) is 23.5 Å². The zero-order valence-electron chi connectivity index (χ0n) is 8.68. The summed E-state index contributed by atoms with van der Waals surface area (Å²) in [5, 5.41) is 12.0. The Balaban J connectivity index is 2.10. The van der Waals surface area contributed by atoms with Crippen LogP contribution >= 0.6 is 11.3 Å². The molecule has 1 aromatic rings. The van der Waals surface area contributed by atoms with Gasteiger partial charge in [-0.3, -0.25) is 4.90 Å². The Hall–Kier alpha value is -0.380. The maximum Gasteiger partial charge on any atom is 0.107 e. The molecule has 0 unspecified atom stereocenters. The van der Waals surface area contributed by atoms with Crippen LogP contribution in [0.1, 0.15) is 30.6 Å². The number of nitrogens with zero attached hydrogens (tertiary/aromatic N) is 1. The van der Waals surface area contributed by atoms with Gasteiger partial charge in [-0.15, -0.1) is 11.3 Å². The quantitative estimate of drug-likeness (QED) is 0.770. The van der Waals surface area contributed by atoms with Crippen molar-refractivity contribution in [3.63, 3.8) is 0 Å².